The van der Waals surface area contributed by atoms with Gasteiger partial charge in [0, 0.05) is 50.5 Å². The van der Waals surface area contributed by atoms with Gasteiger partial charge < -0.3 is 10.6 Å². The largest absolute Gasteiger partial charge is 0.357 e. The summed E-state index contributed by atoms with van der Waals surface area (Å²) in [5, 5.41) is 6.20. The number of rotatable bonds is 5. The molecule has 2 aromatic heterocycles. The van der Waals surface area contributed by atoms with E-state index in [9.17, 15) is 0 Å². The molecule has 5 nitrogen and oxygen atoms in total. The zero-order valence-electron chi connectivity index (χ0n) is 9.72. The van der Waals surface area contributed by atoms with Gasteiger partial charge in [0.2, 0.25) is 5.95 Å². The number of hydrogen-bond donors (Lipinski definition) is 2. The van der Waals surface area contributed by atoms with Crippen molar-refractivity contribution in [3.8, 4) is 0 Å². The van der Waals surface area contributed by atoms with Gasteiger partial charge in [-0.2, -0.15) is 0 Å². The lowest BCUT2D eigenvalue weighted by atomic mass is 10.3. The van der Waals surface area contributed by atoms with Crippen molar-refractivity contribution in [2.45, 2.75) is 13.1 Å². The van der Waals surface area contributed by atoms with Crippen LogP contribution >= 0.6 is 0 Å². The Kier molecular flexibility index (Phi) is 3.99. The van der Waals surface area contributed by atoms with Gasteiger partial charge in [-0.25, -0.2) is 9.97 Å². The molecular formula is C12H15N5. The summed E-state index contributed by atoms with van der Waals surface area (Å²) in [5.74, 6) is 0.640. The monoisotopic (exact) mass is 229 g/mol. The lowest BCUT2D eigenvalue weighted by Gasteiger charge is -2.04. The number of aromatic nitrogens is 3. The van der Waals surface area contributed by atoms with E-state index in [4.69, 9.17) is 0 Å². The summed E-state index contributed by atoms with van der Waals surface area (Å²) in [7, 11) is 1.80. The fraction of sp³-hybridized carbons (Fsp3) is 0.250. The molecule has 17 heavy (non-hydrogen) atoms. The molecule has 2 rings (SSSR count). The Labute approximate surface area is 100 Å². The van der Waals surface area contributed by atoms with Gasteiger partial charge in [-0.3, -0.25) is 4.98 Å². The summed E-state index contributed by atoms with van der Waals surface area (Å²) in [6.45, 7) is 1.54. The van der Waals surface area contributed by atoms with Crippen molar-refractivity contribution in [2.24, 2.45) is 0 Å². The maximum Gasteiger partial charge on any atom is 0.222 e. The van der Waals surface area contributed by atoms with Gasteiger partial charge in [0.15, 0.2) is 0 Å². The number of anilines is 1. The smallest absolute Gasteiger partial charge is 0.222 e. The standard InChI is InChI=1S/C12H15N5/c1-13-12-16-8-11(9-17-12)7-15-6-10-3-2-4-14-5-10/h2-5,8-9,15H,6-7H2,1H3,(H,13,16,17). The Balaban J connectivity index is 1.82. The third-order valence-electron chi connectivity index (χ3n) is 2.31. The van der Waals surface area contributed by atoms with E-state index in [-0.39, 0.29) is 0 Å². The second-order valence-corrected chi connectivity index (χ2v) is 3.63. The first-order valence-corrected chi connectivity index (χ1v) is 5.47. The van der Waals surface area contributed by atoms with Gasteiger partial charge in [-0.1, -0.05) is 6.07 Å². The number of nitrogens with one attached hydrogen (secondary N) is 2. The van der Waals surface area contributed by atoms with E-state index >= 15 is 0 Å². The Morgan fingerprint density at radius 2 is 1.82 bits per heavy atom. The number of hydrogen-bond acceptors (Lipinski definition) is 5. The van der Waals surface area contributed by atoms with E-state index in [1.165, 1.54) is 5.56 Å². The van der Waals surface area contributed by atoms with Gasteiger partial charge in [0.25, 0.3) is 0 Å². The van der Waals surface area contributed by atoms with Crippen molar-refractivity contribution in [1.82, 2.24) is 20.3 Å². The highest BCUT2D eigenvalue weighted by atomic mass is 15.1. The molecule has 0 radical (unpaired) electrons. The van der Waals surface area contributed by atoms with E-state index in [2.05, 4.69) is 25.6 Å². The fourth-order valence-electron chi connectivity index (χ4n) is 1.43. The van der Waals surface area contributed by atoms with Crippen LogP contribution in [0.25, 0.3) is 0 Å². The molecule has 0 amide bonds. The first kappa shape index (κ1) is 11.5. The van der Waals surface area contributed by atoms with Crippen LogP contribution in [0.15, 0.2) is 36.9 Å². The van der Waals surface area contributed by atoms with Crippen molar-refractivity contribution in [3.63, 3.8) is 0 Å². The van der Waals surface area contributed by atoms with Gasteiger partial charge in [-0.05, 0) is 11.6 Å². The summed E-state index contributed by atoms with van der Waals surface area (Å²) >= 11 is 0. The van der Waals surface area contributed by atoms with Crippen LogP contribution in [0, 0.1) is 0 Å². The molecule has 2 aromatic rings. The lowest BCUT2D eigenvalue weighted by Crippen LogP contribution is -2.13. The molecule has 0 bridgehead atoms. The third kappa shape index (κ3) is 3.49. The lowest BCUT2D eigenvalue weighted by molar-refractivity contribution is 0.687. The second kappa shape index (κ2) is 5.91. The molecule has 0 aliphatic carbocycles. The molecule has 2 heterocycles. The Hall–Kier alpha value is -2.01. The minimum absolute atomic E-state index is 0.640. The van der Waals surface area contributed by atoms with Crippen LogP contribution in [0.3, 0.4) is 0 Å². The maximum atomic E-state index is 4.15. The topological polar surface area (TPSA) is 62.7 Å². The molecule has 0 aromatic carbocycles. The van der Waals surface area contributed by atoms with Crippen LogP contribution in [0.5, 0.6) is 0 Å². The normalized spacial score (nSPS) is 10.2. The molecular weight excluding hydrogens is 214 g/mol. The summed E-state index contributed by atoms with van der Waals surface area (Å²) in [5.41, 5.74) is 2.23. The number of pyridine rings is 1. The molecule has 0 aliphatic rings. The molecule has 0 atom stereocenters. The van der Waals surface area contributed by atoms with E-state index in [1.54, 1.807) is 13.2 Å². The molecule has 0 saturated carbocycles. The van der Waals surface area contributed by atoms with Gasteiger partial charge in [0.1, 0.15) is 0 Å². The van der Waals surface area contributed by atoms with Crippen LogP contribution in [-0.2, 0) is 13.1 Å². The highest BCUT2D eigenvalue weighted by Crippen LogP contribution is 2.00. The Morgan fingerprint density at radius 1 is 1.06 bits per heavy atom. The SMILES string of the molecule is CNc1ncc(CNCc2cccnc2)cn1. The predicted octanol–water partition coefficient (Wildman–Crippen LogP) is 1.20. The Bertz CT molecular complexity index is 440. The van der Waals surface area contributed by atoms with Crippen molar-refractivity contribution in [2.75, 3.05) is 12.4 Å². The van der Waals surface area contributed by atoms with E-state index in [0.717, 1.165) is 18.7 Å². The third-order valence-corrected chi connectivity index (χ3v) is 2.31. The Morgan fingerprint density at radius 3 is 2.47 bits per heavy atom. The molecule has 0 fully saturated rings. The zero-order chi connectivity index (χ0) is 11.9. The second-order valence-electron chi connectivity index (χ2n) is 3.63. The van der Waals surface area contributed by atoms with Crippen LogP contribution in [-0.4, -0.2) is 22.0 Å². The molecule has 0 unspecified atom stereocenters. The first-order chi connectivity index (χ1) is 8.38. The van der Waals surface area contributed by atoms with Crippen molar-refractivity contribution < 1.29 is 0 Å². The quantitative estimate of drug-likeness (QED) is 0.806. The minimum atomic E-state index is 0.640. The molecule has 88 valence electrons. The molecule has 0 spiro atoms. The average Bonchev–Trinajstić information content (AvgIpc) is 2.41. The predicted molar refractivity (Wildman–Crippen MR) is 66.4 cm³/mol. The highest BCUT2D eigenvalue weighted by molar-refractivity contribution is 5.23. The maximum absolute atomic E-state index is 4.15. The van der Waals surface area contributed by atoms with Gasteiger partial charge in [0.05, 0.1) is 0 Å². The van der Waals surface area contributed by atoms with E-state index < -0.39 is 0 Å². The van der Waals surface area contributed by atoms with Crippen LogP contribution in [0.1, 0.15) is 11.1 Å². The van der Waals surface area contributed by atoms with Gasteiger partial charge in [-0.15, -0.1) is 0 Å². The summed E-state index contributed by atoms with van der Waals surface area (Å²) in [6, 6.07) is 3.97. The fourth-order valence-corrected chi connectivity index (χ4v) is 1.43. The molecule has 2 N–H and O–H groups in total. The zero-order valence-corrected chi connectivity index (χ0v) is 9.72. The molecule has 0 aliphatic heterocycles. The average molecular weight is 229 g/mol. The minimum Gasteiger partial charge on any atom is -0.357 e. The van der Waals surface area contributed by atoms with Gasteiger partial charge >= 0.3 is 0 Å². The molecule has 5 heteroatoms. The summed E-state index contributed by atoms with van der Waals surface area (Å²) in [4.78, 5) is 12.4. The van der Waals surface area contributed by atoms with Crippen LogP contribution < -0.4 is 10.6 Å². The highest BCUT2D eigenvalue weighted by Gasteiger charge is 1.96. The van der Waals surface area contributed by atoms with Crippen molar-refractivity contribution in [3.05, 3.63) is 48.0 Å². The van der Waals surface area contributed by atoms with E-state index in [1.807, 2.05) is 30.7 Å². The number of nitrogens with zero attached hydrogens (tertiary/aromatic N) is 3. The molecule has 0 saturated heterocycles. The van der Waals surface area contributed by atoms with Crippen molar-refractivity contribution >= 4 is 5.95 Å². The van der Waals surface area contributed by atoms with Crippen molar-refractivity contribution in [1.29, 1.82) is 0 Å². The van der Waals surface area contributed by atoms with Crippen LogP contribution in [0.4, 0.5) is 5.95 Å². The first-order valence-electron chi connectivity index (χ1n) is 5.47. The van der Waals surface area contributed by atoms with E-state index in [0.29, 0.717) is 5.95 Å². The summed E-state index contributed by atoms with van der Waals surface area (Å²) < 4.78 is 0. The summed E-state index contributed by atoms with van der Waals surface area (Å²) in [6.07, 6.45) is 7.26. The van der Waals surface area contributed by atoms with Crippen LogP contribution in [0.2, 0.25) is 0 Å².